The molecule has 1 N–H and O–H groups in total. The van der Waals surface area contributed by atoms with Crippen molar-refractivity contribution in [1.82, 2.24) is 4.98 Å². The first-order chi connectivity index (χ1) is 6.24. The summed E-state index contributed by atoms with van der Waals surface area (Å²) < 4.78 is 0. The molecule has 66 valence electrons. The molecular weight excluding hydrogens is 170 g/mol. The lowest BCUT2D eigenvalue weighted by molar-refractivity contribution is -0.132. The normalized spacial score (nSPS) is 8.92. The number of carbonyl (C=O) groups excluding carboxylic acids is 1. The van der Waals surface area contributed by atoms with Gasteiger partial charge < -0.3 is 5.11 Å². The Hall–Kier alpha value is -1.93. The number of carbonyl (C=O) groups is 1. The number of rotatable bonds is 3. The predicted molar refractivity (Wildman–Crippen MR) is 44.8 cm³/mol. The molecule has 1 rings (SSSR count). The molecule has 4 heteroatoms. The van der Waals surface area contributed by atoms with Gasteiger partial charge in [-0.25, -0.2) is 9.59 Å². The van der Waals surface area contributed by atoms with Crippen LogP contribution in [-0.4, -0.2) is 22.0 Å². The zero-order valence-electron chi connectivity index (χ0n) is 6.73. The lowest BCUT2D eigenvalue weighted by Crippen LogP contribution is -2.05. The first kappa shape index (κ1) is 9.16. The summed E-state index contributed by atoms with van der Waals surface area (Å²) in [4.78, 5) is 24.5. The molecule has 1 aromatic heterocycles. The Morgan fingerprint density at radius 1 is 1.54 bits per heavy atom. The van der Waals surface area contributed by atoms with E-state index in [-0.39, 0.29) is 12.0 Å². The standard InChI is InChI=1S/C9H7NO3/c11-6-7(9(12)13)5-8-3-1-2-4-10-8/h1-4H,5H2,(H,12,13). The van der Waals surface area contributed by atoms with Gasteiger partial charge in [-0.1, -0.05) is 6.07 Å². The average molecular weight is 177 g/mol. The molecule has 0 fully saturated rings. The second kappa shape index (κ2) is 4.18. The van der Waals surface area contributed by atoms with Gasteiger partial charge in [0.1, 0.15) is 11.5 Å². The van der Waals surface area contributed by atoms with Gasteiger partial charge in [-0.15, -0.1) is 0 Å². The Labute approximate surface area is 74.5 Å². The van der Waals surface area contributed by atoms with Gasteiger partial charge in [0, 0.05) is 18.3 Å². The van der Waals surface area contributed by atoms with Crippen LogP contribution in [0.4, 0.5) is 0 Å². The van der Waals surface area contributed by atoms with Crippen LogP contribution in [0.5, 0.6) is 0 Å². The van der Waals surface area contributed by atoms with Crippen molar-refractivity contribution in [2.24, 2.45) is 0 Å². The maximum atomic E-state index is 10.4. The lowest BCUT2D eigenvalue weighted by Gasteiger charge is -1.96. The van der Waals surface area contributed by atoms with Crippen LogP contribution in [0.25, 0.3) is 0 Å². The molecule has 0 aliphatic rings. The summed E-state index contributed by atoms with van der Waals surface area (Å²) in [6, 6.07) is 5.10. The van der Waals surface area contributed by atoms with Crippen molar-refractivity contribution in [3.05, 3.63) is 35.7 Å². The van der Waals surface area contributed by atoms with Crippen molar-refractivity contribution >= 4 is 11.9 Å². The third-order valence-electron chi connectivity index (χ3n) is 1.47. The Morgan fingerprint density at radius 2 is 2.31 bits per heavy atom. The zero-order chi connectivity index (χ0) is 9.68. The molecule has 0 aliphatic carbocycles. The van der Waals surface area contributed by atoms with E-state index in [1.807, 2.05) is 0 Å². The van der Waals surface area contributed by atoms with Crippen LogP contribution < -0.4 is 0 Å². The predicted octanol–water partition coefficient (Wildman–Crippen LogP) is 0.467. The van der Waals surface area contributed by atoms with Crippen molar-refractivity contribution < 1.29 is 14.7 Å². The minimum atomic E-state index is -1.25. The van der Waals surface area contributed by atoms with Crippen molar-refractivity contribution in [3.8, 4) is 0 Å². The first-order valence-electron chi connectivity index (χ1n) is 3.61. The molecule has 1 heterocycles. The van der Waals surface area contributed by atoms with Crippen LogP contribution in [0.1, 0.15) is 5.69 Å². The second-order valence-electron chi connectivity index (χ2n) is 2.38. The molecule has 0 aliphatic heterocycles. The highest BCUT2D eigenvalue weighted by Gasteiger charge is 2.09. The van der Waals surface area contributed by atoms with Crippen LogP contribution in [0, 0.1) is 0 Å². The van der Waals surface area contributed by atoms with E-state index in [4.69, 9.17) is 5.11 Å². The quantitative estimate of drug-likeness (QED) is 0.538. The Kier molecular flexibility index (Phi) is 2.95. The monoisotopic (exact) mass is 177 g/mol. The number of carboxylic acid groups (broad SMARTS) is 1. The van der Waals surface area contributed by atoms with Gasteiger partial charge in [-0.2, -0.15) is 0 Å². The van der Waals surface area contributed by atoms with E-state index in [1.54, 1.807) is 24.4 Å². The molecule has 13 heavy (non-hydrogen) atoms. The molecule has 0 aromatic carbocycles. The summed E-state index contributed by atoms with van der Waals surface area (Å²) in [5.74, 6) is 0.128. The van der Waals surface area contributed by atoms with Crippen molar-refractivity contribution in [3.63, 3.8) is 0 Å². The van der Waals surface area contributed by atoms with Crippen LogP contribution in [0.2, 0.25) is 0 Å². The number of nitrogens with zero attached hydrogens (tertiary/aromatic N) is 1. The maximum Gasteiger partial charge on any atom is 0.343 e. The van der Waals surface area contributed by atoms with Gasteiger partial charge in [-0.3, -0.25) is 4.98 Å². The van der Waals surface area contributed by atoms with Gasteiger partial charge in [0.15, 0.2) is 0 Å². The summed E-state index contributed by atoms with van der Waals surface area (Å²) >= 11 is 0. The van der Waals surface area contributed by atoms with E-state index in [0.717, 1.165) is 0 Å². The third kappa shape index (κ3) is 2.54. The number of aliphatic carboxylic acids is 1. The number of carboxylic acids is 1. The molecular formula is C9H7NO3. The summed E-state index contributed by atoms with van der Waals surface area (Å²) in [7, 11) is 0. The molecule has 0 radical (unpaired) electrons. The van der Waals surface area contributed by atoms with Crippen molar-refractivity contribution in [1.29, 1.82) is 0 Å². The molecule has 1 aromatic rings. The van der Waals surface area contributed by atoms with Crippen LogP contribution >= 0.6 is 0 Å². The Morgan fingerprint density at radius 3 is 2.77 bits per heavy atom. The SMILES string of the molecule is O=C=C(Cc1ccccn1)C(=O)O. The summed E-state index contributed by atoms with van der Waals surface area (Å²) in [5.41, 5.74) is 0.238. The van der Waals surface area contributed by atoms with E-state index in [1.165, 1.54) is 5.94 Å². The number of hydrogen-bond acceptors (Lipinski definition) is 3. The van der Waals surface area contributed by atoms with Gasteiger partial charge in [0.05, 0.1) is 0 Å². The van der Waals surface area contributed by atoms with Crippen LogP contribution in [-0.2, 0) is 16.0 Å². The highest BCUT2D eigenvalue weighted by molar-refractivity contribution is 5.95. The van der Waals surface area contributed by atoms with Gasteiger partial charge in [-0.05, 0) is 12.1 Å². The van der Waals surface area contributed by atoms with Crippen molar-refractivity contribution in [2.45, 2.75) is 6.42 Å². The highest BCUT2D eigenvalue weighted by atomic mass is 16.4. The molecule has 0 amide bonds. The van der Waals surface area contributed by atoms with Gasteiger partial charge >= 0.3 is 5.97 Å². The summed E-state index contributed by atoms with van der Waals surface area (Å²) in [6.07, 6.45) is 1.55. The number of aromatic nitrogens is 1. The van der Waals surface area contributed by atoms with E-state index in [2.05, 4.69) is 4.98 Å². The maximum absolute atomic E-state index is 10.4. The van der Waals surface area contributed by atoms with E-state index >= 15 is 0 Å². The molecule has 0 saturated carbocycles. The fourth-order valence-electron chi connectivity index (χ4n) is 0.839. The highest BCUT2D eigenvalue weighted by Crippen LogP contribution is 2.01. The number of pyridine rings is 1. The summed E-state index contributed by atoms with van der Waals surface area (Å²) in [6.45, 7) is 0. The van der Waals surface area contributed by atoms with E-state index in [0.29, 0.717) is 5.69 Å². The van der Waals surface area contributed by atoms with Gasteiger partial charge in [0.2, 0.25) is 0 Å². The minimum Gasteiger partial charge on any atom is -0.477 e. The smallest absolute Gasteiger partial charge is 0.343 e. The molecule has 0 spiro atoms. The van der Waals surface area contributed by atoms with Crippen molar-refractivity contribution in [2.75, 3.05) is 0 Å². The molecule has 4 nitrogen and oxygen atoms in total. The van der Waals surface area contributed by atoms with Crippen LogP contribution in [0.15, 0.2) is 30.0 Å². The fraction of sp³-hybridized carbons (Fsp3) is 0.111. The second-order valence-corrected chi connectivity index (χ2v) is 2.38. The fourth-order valence-corrected chi connectivity index (χ4v) is 0.839. The first-order valence-corrected chi connectivity index (χ1v) is 3.61. The molecule has 0 saturated heterocycles. The minimum absolute atomic E-state index is 0.0136. The largest absolute Gasteiger partial charge is 0.477 e. The molecule has 0 bridgehead atoms. The molecule has 0 unspecified atom stereocenters. The van der Waals surface area contributed by atoms with Crippen LogP contribution in [0.3, 0.4) is 0 Å². The Bertz CT molecular complexity index is 352. The van der Waals surface area contributed by atoms with Gasteiger partial charge in [0.25, 0.3) is 0 Å². The zero-order valence-corrected chi connectivity index (χ0v) is 6.73. The van der Waals surface area contributed by atoms with E-state index < -0.39 is 5.97 Å². The summed E-state index contributed by atoms with van der Waals surface area (Å²) in [5, 5.41) is 8.51. The number of hydrogen-bond donors (Lipinski definition) is 1. The lowest BCUT2D eigenvalue weighted by atomic mass is 10.1. The van der Waals surface area contributed by atoms with E-state index in [9.17, 15) is 9.59 Å². The topological polar surface area (TPSA) is 67.3 Å². The molecule has 0 atom stereocenters. The average Bonchev–Trinajstić information content (AvgIpc) is 2.15. The third-order valence-corrected chi connectivity index (χ3v) is 1.47. The Balaban J connectivity index is 2.80.